The van der Waals surface area contributed by atoms with Gasteiger partial charge >= 0.3 is 12.5 Å². The molecule has 174 valence electrons. The summed E-state index contributed by atoms with van der Waals surface area (Å²) in [5.41, 5.74) is -0.308. The lowest BCUT2D eigenvalue weighted by molar-refractivity contribution is -0.132. The summed E-state index contributed by atoms with van der Waals surface area (Å²) in [5, 5.41) is 5.66. The third-order valence-corrected chi connectivity index (χ3v) is 5.58. The Morgan fingerprint density at radius 2 is 1.66 bits per heavy atom. The zero-order valence-corrected chi connectivity index (χ0v) is 16.9. The fourth-order valence-electron chi connectivity index (χ4n) is 4.05. The number of carbonyl (C=O) groups is 3. The van der Waals surface area contributed by atoms with Gasteiger partial charge in [-0.1, -0.05) is 0 Å². The number of halogens is 4. The van der Waals surface area contributed by atoms with Gasteiger partial charge in [0.15, 0.2) is 17.4 Å². The number of hydrogen-bond donors (Lipinski definition) is 1. The van der Waals surface area contributed by atoms with Crippen molar-refractivity contribution < 1.29 is 36.7 Å². The van der Waals surface area contributed by atoms with Gasteiger partial charge in [-0.2, -0.15) is 8.78 Å². The minimum Gasteiger partial charge on any atom is -0.442 e. The first-order valence-electron chi connectivity index (χ1n) is 10.0. The van der Waals surface area contributed by atoms with Gasteiger partial charge in [0.1, 0.15) is 11.8 Å². The van der Waals surface area contributed by atoms with Crippen molar-refractivity contribution in [2.45, 2.75) is 12.5 Å². The van der Waals surface area contributed by atoms with Crippen molar-refractivity contribution in [3.05, 3.63) is 23.8 Å². The van der Waals surface area contributed by atoms with Crippen molar-refractivity contribution in [3.63, 3.8) is 0 Å². The predicted octanol–water partition coefficient (Wildman–Crippen LogP) is 0.593. The van der Waals surface area contributed by atoms with Gasteiger partial charge in [0.05, 0.1) is 31.9 Å². The summed E-state index contributed by atoms with van der Waals surface area (Å²) in [6.45, 7) is 1.57. The van der Waals surface area contributed by atoms with E-state index in [4.69, 9.17) is 4.74 Å². The van der Waals surface area contributed by atoms with Gasteiger partial charge in [0.2, 0.25) is 0 Å². The normalized spacial score (nSPS) is 22.3. The van der Waals surface area contributed by atoms with Crippen LogP contribution in [-0.4, -0.2) is 92.7 Å². The second-order valence-electron chi connectivity index (χ2n) is 7.72. The topological polar surface area (TPSA) is 85.4 Å². The van der Waals surface area contributed by atoms with E-state index < -0.39 is 36.2 Å². The van der Waals surface area contributed by atoms with Gasteiger partial charge < -0.3 is 15.0 Å². The molecule has 0 unspecified atom stereocenters. The zero-order valence-electron chi connectivity index (χ0n) is 16.9. The van der Waals surface area contributed by atoms with Crippen LogP contribution in [0.1, 0.15) is 0 Å². The first-order chi connectivity index (χ1) is 15.2. The molecule has 2 amide bonds. The Kier molecular flexibility index (Phi) is 6.20. The second-order valence-corrected chi connectivity index (χ2v) is 7.72. The van der Waals surface area contributed by atoms with E-state index in [0.29, 0.717) is 26.2 Å². The van der Waals surface area contributed by atoms with Crippen molar-refractivity contribution in [2.75, 3.05) is 62.2 Å². The van der Waals surface area contributed by atoms with E-state index in [9.17, 15) is 31.9 Å². The van der Waals surface area contributed by atoms with Crippen LogP contribution >= 0.6 is 0 Å². The highest BCUT2D eigenvalue weighted by atomic mass is 19.3. The summed E-state index contributed by atoms with van der Waals surface area (Å²) in [5.74, 6) is -3.13. The lowest BCUT2D eigenvalue weighted by atomic mass is 10.2. The van der Waals surface area contributed by atoms with Crippen molar-refractivity contribution in [3.8, 4) is 0 Å². The molecule has 3 aliphatic rings. The van der Waals surface area contributed by atoms with Gasteiger partial charge in [0.25, 0.3) is 5.91 Å². The van der Waals surface area contributed by atoms with Crippen LogP contribution in [0.5, 0.6) is 0 Å². The first-order valence-corrected chi connectivity index (χ1v) is 10.0. The Hall–Kier alpha value is -2.93. The third kappa shape index (κ3) is 4.48. The number of hydrazine groups is 1. The molecule has 0 aromatic heterocycles. The standard InChI is InChI=1S/C19H21F4N5O4/c20-14-5-11(28-10-13(32-19(28)31)7-24-18(30)17(22)23)6-15(21)16(14)25-1-3-26-8-12(29)9-27(26)4-2-25/h5-6,13,17H,1-4,7-10H2,(H,24,30)/t13-/m0/s1. The number of ketones is 1. The maximum Gasteiger partial charge on any atom is 0.414 e. The molecule has 0 saturated carbocycles. The molecule has 0 spiro atoms. The summed E-state index contributed by atoms with van der Waals surface area (Å²) >= 11 is 0. The highest BCUT2D eigenvalue weighted by Crippen LogP contribution is 2.31. The maximum atomic E-state index is 14.9. The number of ether oxygens (including phenoxy) is 1. The molecule has 3 fully saturated rings. The molecular formula is C19H21F4N5O4. The number of Topliss-reactive ketones (excluding diaryl/α,β-unsaturated/α-hetero) is 1. The minimum absolute atomic E-state index is 0.0822. The Morgan fingerprint density at radius 3 is 2.22 bits per heavy atom. The Balaban J connectivity index is 1.44. The van der Waals surface area contributed by atoms with E-state index in [1.807, 2.05) is 15.3 Å². The Morgan fingerprint density at radius 1 is 1.06 bits per heavy atom. The number of cyclic esters (lactones) is 1. The number of nitrogens with one attached hydrogen (secondary N) is 1. The van der Waals surface area contributed by atoms with E-state index in [-0.39, 0.29) is 43.3 Å². The summed E-state index contributed by atoms with van der Waals surface area (Å²) in [4.78, 5) is 37.2. The van der Waals surface area contributed by atoms with Crippen LogP contribution in [0, 0.1) is 11.6 Å². The van der Waals surface area contributed by atoms with Gasteiger partial charge in [-0.05, 0) is 0 Å². The first kappa shape index (κ1) is 22.3. The fourth-order valence-corrected chi connectivity index (χ4v) is 4.05. The predicted molar refractivity (Wildman–Crippen MR) is 103 cm³/mol. The van der Waals surface area contributed by atoms with Gasteiger partial charge in [0, 0.05) is 38.3 Å². The molecule has 1 atom stereocenters. The van der Waals surface area contributed by atoms with Crippen molar-refractivity contribution in [1.29, 1.82) is 0 Å². The van der Waals surface area contributed by atoms with Crippen molar-refractivity contribution >= 4 is 29.2 Å². The highest BCUT2D eigenvalue weighted by molar-refractivity contribution is 5.90. The molecule has 1 N–H and O–H groups in total. The number of benzene rings is 1. The Bertz CT molecular complexity index is 892. The second kappa shape index (κ2) is 8.90. The largest absolute Gasteiger partial charge is 0.442 e. The average molecular weight is 459 g/mol. The van der Waals surface area contributed by atoms with Gasteiger partial charge in [-0.25, -0.2) is 23.6 Å². The number of alkyl halides is 2. The highest BCUT2D eigenvalue weighted by Gasteiger charge is 2.35. The molecular weight excluding hydrogens is 438 g/mol. The van der Waals surface area contributed by atoms with Crippen LogP contribution in [-0.2, 0) is 14.3 Å². The lowest BCUT2D eigenvalue weighted by Gasteiger charge is -2.25. The summed E-state index contributed by atoms with van der Waals surface area (Å²) in [6, 6.07) is 2.02. The number of anilines is 2. The van der Waals surface area contributed by atoms with Gasteiger partial charge in [-0.3, -0.25) is 14.5 Å². The monoisotopic (exact) mass is 459 g/mol. The third-order valence-electron chi connectivity index (χ3n) is 5.58. The molecule has 1 aromatic rings. The molecule has 9 nitrogen and oxygen atoms in total. The number of rotatable bonds is 5. The van der Waals surface area contributed by atoms with Crippen LogP contribution in [0.4, 0.5) is 33.7 Å². The molecule has 3 heterocycles. The lowest BCUT2D eigenvalue weighted by Crippen LogP contribution is -2.37. The van der Waals surface area contributed by atoms with Gasteiger partial charge in [-0.15, -0.1) is 0 Å². The number of carbonyl (C=O) groups excluding carboxylic acids is 3. The smallest absolute Gasteiger partial charge is 0.414 e. The molecule has 4 rings (SSSR count). The maximum absolute atomic E-state index is 14.9. The SMILES string of the molecule is O=C1CN2CCN(c3c(F)cc(N4C[C@H](CNC(=O)C(F)F)OC4=O)cc3F)CCN2C1. The molecule has 3 saturated heterocycles. The van der Waals surface area contributed by atoms with Crippen LogP contribution < -0.4 is 15.1 Å². The molecule has 32 heavy (non-hydrogen) atoms. The van der Waals surface area contributed by atoms with E-state index in [0.717, 1.165) is 17.0 Å². The molecule has 13 heteroatoms. The molecule has 0 aliphatic carbocycles. The number of fused-ring (bicyclic) bond motifs is 1. The number of amides is 2. The molecule has 0 bridgehead atoms. The summed E-state index contributed by atoms with van der Waals surface area (Å²) in [6.07, 6.45) is -5.04. The fraction of sp³-hybridized carbons (Fsp3) is 0.526. The van der Waals surface area contributed by atoms with Crippen molar-refractivity contribution in [2.24, 2.45) is 0 Å². The summed E-state index contributed by atoms with van der Waals surface area (Å²) < 4.78 is 59.4. The van der Waals surface area contributed by atoms with Crippen LogP contribution in [0.25, 0.3) is 0 Å². The molecule has 1 aromatic carbocycles. The average Bonchev–Trinajstić information content (AvgIpc) is 3.22. The van der Waals surface area contributed by atoms with E-state index in [1.165, 1.54) is 0 Å². The number of nitrogens with zero attached hydrogens (tertiary/aromatic N) is 4. The van der Waals surface area contributed by atoms with Crippen LogP contribution in [0.15, 0.2) is 12.1 Å². The van der Waals surface area contributed by atoms with E-state index in [1.54, 1.807) is 4.90 Å². The number of hydrogen-bond acceptors (Lipinski definition) is 7. The quantitative estimate of drug-likeness (QED) is 0.646. The molecule has 3 aliphatic heterocycles. The van der Waals surface area contributed by atoms with Crippen LogP contribution in [0.3, 0.4) is 0 Å². The van der Waals surface area contributed by atoms with E-state index in [2.05, 4.69) is 0 Å². The van der Waals surface area contributed by atoms with Crippen molar-refractivity contribution in [1.82, 2.24) is 15.3 Å². The minimum atomic E-state index is -3.20. The molecule has 0 radical (unpaired) electrons. The Labute approximate surface area is 180 Å². The summed E-state index contributed by atoms with van der Waals surface area (Å²) in [7, 11) is 0. The van der Waals surface area contributed by atoms with Crippen LogP contribution in [0.2, 0.25) is 0 Å². The zero-order chi connectivity index (χ0) is 23.0. The van der Waals surface area contributed by atoms with E-state index >= 15 is 0 Å².